The number of nitrogens with zero attached hydrogens (tertiary/aromatic N) is 3. The second-order valence-electron chi connectivity index (χ2n) is 4.26. The van der Waals surface area contributed by atoms with Gasteiger partial charge in [0.25, 0.3) is 0 Å². The number of aromatic nitrogens is 2. The van der Waals surface area contributed by atoms with Crippen LogP contribution in [0, 0.1) is 18.3 Å². The minimum atomic E-state index is 0.729. The molecule has 2 rings (SSSR count). The third-order valence-electron chi connectivity index (χ3n) is 2.98. The summed E-state index contributed by atoms with van der Waals surface area (Å²) < 4.78 is 1.88. The van der Waals surface area contributed by atoms with Gasteiger partial charge < -0.3 is 5.32 Å². The van der Waals surface area contributed by atoms with Crippen molar-refractivity contribution in [1.29, 1.82) is 5.26 Å². The largest absolute Gasteiger partial charge is 0.385 e. The number of nitrogens with one attached hydrogen (secondary N) is 1. The zero-order valence-electron chi connectivity index (χ0n) is 10.6. The summed E-state index contributed by atoms with van der Waals surface area (Å²) in [6, 6.07) is 9.98. The molecule has 0 spiro atoms. The maximum atomic E-state index is 8.86. The van der Waals surface area contributed by atoms with E-state index in [1.54, 1.807) is 6.20 Å². The quantitative estimate of drug-likeness (QED) is 0.891. The summed E-state index contributed by atoms with van der Waals surface area (Å²) in [5, 5.41) is 16.3. The average molecular weight is 240 g/mol. The van der Waals surface area contributed by atoms with Crippen LogP contribution < -0.4 is 5.32 Å². The lowest BCUT2D eigenvalue weighted by Gasteiger charge is -2.08. The standard InChI is InChI=1S/C14H16N4/c1-11-9-13(4-3-12(11)10-15)16-7-5-14-6-8-17-18(14)2/h3-4,6,8-9,16H,5,7H2,1-2H3. The smallest absolute Gasteiger partial charge is 0.0994 e. The summed E-state index contributed by atoms with van der Waals surface area (Å²) in [5.74, 6) is 0. The van der Waals surface area contributed by atoms with Gasteiger partial charge in [0.1, 0.15) is 0 Å². The zero-order chi connectivity index (χ0) is 13.0. The van der Waals surface area contributed by atoms with E-state index in [0.29, 0.717) is 0 Å². The topological polar surface area (TPSA) is 53.6 Å². The van der Waals surface area contributed by atoms with Crippen LogP contribution in [0.2, 0.25) is 0 Å². The molecular weight excluding hydrogens is 224 g/mol. The molecule has 0 bridgehead atoms. The number of hydrogen-bond acceptors (Lipinski definition) is 3. The number of aryl methyl sites for hydroxylation is 2. The first-order chi connectivity index (χ1) is 8.70. The highest BCUT2D eigenvalue weighted by Gasteiger charge is 2.00. The fourth-order valence-electron chi connectivity index (χ4n) is 1.88. The molecule has 1 heterocycles. The minimum absolute atomic E-state index is 0.729. The van der Waals surface area contributed by atoms with Gasteiger partial charge in [0, 0.05) is 37.6 Å². The molecule has 1 N–H and O–H groups in total. The van der Waals surface area contributed by atoms with Gasteiger partial charge in [0.05, 0.1) is 11.6 Å². The molecule has 0 atom stereocenters. The Morgan fingerprint density at radius 3 is 2.83 bits per heavy atom. The highest BCUT2D eigenvalue weighted by molar-refractivity contribution is 5.51. The summed E-state index contributed by atoms with van der Waals surface area (Å²) in [6.07, 6.45) is 2.73. The van der Waals surface area contributed by atoms with Crippen molar-refractivity contribution in [1.82, 2.24) is 9.78 Å². The fourth-order valence-corrected chi connectivity index (χ4v) is 1.88. The van der Waals surface area contributed by atoms with Crippen molar-refractivity contribution in [2.24, 2.45) is 7.05 Å². The summed E-state index contributed by atoms with van der Waals surface area (Å²) in [7, 11) is 1.95. The predicted octanol–water partition coefficient (Wildman–Crippen LogP) is 2.25. The van der Waals surface area contributed by atoms with Gasteiger partial charge in [-0.05, 0) is 36.8 Å². The van der Waals surface area contributed by atoms with E-state index in [4.69, 9.17) is 5.26 Å². The van der Waals surface area contributed by atoms with E-state index in [1.807, 2.05) is 42.9 Å². The molecule has 4 nitrogen and oxygen atoms in total. The maximum Gasteiger partial charge on any atom is 0.0994 e. The normalized spacial score (nSPS) is 10.1. The van der Waals surface area contributed by atoms with E-state index >= 15 is 0 Å². The monoisotopic (exact) mass is 240 g/mol. The van der Waals surface area contributed by atoms with Crippen LogP contribution in [0.1, 0.15) is 16.8 Å². The van der Waals surface area contributed by atoms with Gasteiger partial charge in [0.2, 0.25) is 0 Å². The lowest BCUT2D eigenvalue weighted by molar-refractivity contribution is 0.711. The molecule has 0 aliphatic heterocycles. The Morgan fingerprint density at radius 2 is 2.22 bits per heavy atom. The first-order valence-corrected chi connectivity index (χ1v) is 5.92. The predicted molar refractivity (Wildman–Crippen MR) is 71.3 cm³/mol. The Morgan fingerprint density at radius 1 is 1.39 bits per heavy atom. The zero-order valence-corrected chi connectivity index (χ0v) is 10.6. The Kier molecular flexibility index (Phi) is 3.63. The van der Waals surface area contributed by atoms with E-state index < -0.39 is 0 Å². The van der Waals surface area contributed by atoms with Crippen molar-refractivity contribution in [2.75, 3.05) is 11.9 Å². The second-order valence-corrected chi connectivity index (χ2v) is 4.26. The minimum Gasteiger partial charge on any atom is -0.385 e. The number of benzene rings is 1. The molecule has 0 fully saturated rings. The molecule has 1 aromatic heterocycles. The Bertz CT molecular complexity index is 578. The lowest BCUT2D eigenvalue weighted by atomic mass is 10.1. The van der Waals surface area contributed by atoms with Gasteiger partial charge in [-0.2, -0.15) is 10.4 Å². The maximum absolute atomic E-state index is 8.86. The number of hydrogen-bond donors (Lipinski definition) is 1. The van der Waals surface area contributed by atoms with Crippen molar-refractivity contribution in [2.45, 2.75) is 13.3 Å². The lowest BCUT2D eigenvalue weighted by Crippen LogP contribution is -2.08. The molecule has 92 valence electrons. The molecule has 0 saturated carbocycles. The molecule has 0 aliphatic rings. The first-order valence-electron chi connectivity index (χ1n) is 5.92. The number of rotatable bonds is 4. The molecule has 0 radical (unpaired) electrons. The van der Waals surface area contributed by atoms with Crippen molar-refractivity contribution >= 4 is 5.69 Å². The van der Waals surface area contributed by atoms with Gasteiger partial charge in [-0.15, -0.1) is 0 Å². The van der Waals surface area contributed by atoms with Crippen LogP contribution in [-0.4, -0.2) is 16.3 Å². The van der Waals surface area contributed by atoms with Crippen LogP contribution in [0.15, 0.2) is 30.5 Å². The molecule has 0 unspecified atom stereocenters. The summed E-state index contributed by atoms with van der Waals surface area (Å²) >= 11 is 0. The van der Waals surface area contributed by atoms with E-state index in [1.165, 1.54) is 5.69 Å². The van der Waals surface area contributed by atoms with Crippen LogP contribution in [0.4, 0.5) is 5.69 Å². The Balaban J connectivity index is 1.93. The van der Waals surface area contributed by atoms with E-state index in [-0.39, 0.29) is 0 Å². The van der Waals surface area contributed by atoms with Crippen molar-refractivity contribution in [3.8, 4) is 6.07 Å². The molecule has 1 aromatic carbocycles. The van der Waals surface area contributed by atoms with Gasteiger partial charge in [0.15, 0.2) is 0 Å². The Hall–Kier alpha value is -2.28. The van der Waals surface area contributed by atoms with Crippen LogP contribution in [0.5, 0.6) is 0 Å². The molecule has 18 heavy (non-hydrogen) atoms. The summed E-state index contributed by atoms with van der Waals surface area (Å²) in [4.78, 5) is 0. The fraction of sp³-hybridized carbons (Fsp3) is 0.286. The molecule has 4 heteroatoms. The van der Waals surface area contributed by atoms with Crippen LogP contribution >= 0.6 is 0 Å². The third-order valence-corrected chi connectivity index (χ3v) is 2.98. The van der Waals surface area contributed by atoms with Crippen molar-refractivity contribution in [3.05, 3.63) is 47.3 Å². The van der Waals surface area contributed by atoms with E-state index in [0.717, 1.165) is 29.8 Å². The highest BCUT2D eigenvalue weighted by Crippen LogP contribution is 2.14. The van der Waals surface area contributed by atoms with Crippen molar-refractivity contribution in [3.63, 3.8) is 0 Å². The van der Waals surface area contributed by atoms with Gasteiger partial charge >= 0.3 is 0 Å². The van der Waals surface area contributed by atoms with E-state index in [9.17, 15) is 0 Å². The molecule has 2 aromatic rings. The molecular formula is C14H16N4. The highest BCUT2D eigenvalue weighted by atomic mass is 15.3. The average Bonchev–Trinajstić information content (AvgIpc) is 2.75. The Labute approximate surface area is 107 Å². The molecule has 0 aliphatic carbocycles. The van der Waals surface area contributed by atoms with Crippen LogP contribution in [-0.2, 0) is 13.5 Å². The summed E-state index contributed by atoms with van der Waals surface area (Å²) in [6.45, 7) is 2.80. The third kappa shape index (κ3) is 2.69. The van der Waals surface area contributed by atoms with Gasteiger partial charge in [-0.3, -0.25) is 4.68 Å². The van der Waals surface area contributed by atoms with E-state index in [2.05, 4.69) is 16.5 Å². The number of nitriles is 1. The van der Waals surface area contributed by atoms with Gasteiger partial charge in [-0.25, -0.2) is 0 Å². The molecule has 0 saturated heterocycles. The van der Waals surface area contributed by atoms with Crippen LogP contribution in [0.25, 0.3) is 0 Å². The first kappa shape index (κ1) is 12.2. The molecule has 0 amide bonds. The van der Waals surface area contributed by atoms with Gasteiger partial charge in [-0.1, -0.05) is 0 Å². The van der Waals surface area contributed by atoms with Crippen molar-refractivity contribution < 1.29 is 0 Å². The second kappa shape index (κ2) is 5.37. The number of anilines is 1. The SMILES string of the molecule is Cc1cc(NCCc2ccnn2C)ccc1C#N. The van der Waals surface area contributed by atoms with Crippen LogP contribution in [0.3, 0.4) is 0 Å². The summed E-state index contributed by atoms with van der Waals surface area (Å²) in [5.41, 5.74) is 3.98.